The van der Waals surface area contributed by atoms with E-state index < -0.39 is 0 Å². The van der Waals surface area contributed by atoms with E-state index in [1.807, 2.05) is 0 Å². The van der Waals surface area contributed by atoms with E-state index in [4.69, 9.17) is 10.9 Å². The van der Waals surface area contributed by atoms with Crippen LogP contribution in [0.4, 0.5) is 5.82 Å². The van der Waals surface area contributed by atoms with Crippen LogP contribution in [0.25, 0.3) is 11.2 Å². The molecule has 0 unspecified atom stereocenters. The van der Waals surface area contributed by atoms with Crippen LogP contribution in [-0.4, -0.2) is 24.9 Å². The normalized spacial score (nSPS) is 10.5. The Morgan fingerprint density at radius 2 is 2.18 bits per heavy atom. The molecular weight excluding hydrogens is 146 g/mol. The lowest BCUT2D eigenvalue weighted by atomic mass is 10.5. The molecule has 0 radical (unpaired) electrons. The standard InChI is InChI=1S/C5H5N5O/c6-4-3-5(8-1-7-4)9-2-10(3)11/h1-2,11H,(H2,6,7,8). The fourth-order valence-corrected chi connectivity index (χ4v) is 0.864. The average Bonchev–Trinajstić information content (AvgIpc) is 2.34. The van der Waals surface area contributed by atoms with Gasteiger partial charge in [0.15, 0.2) is 17.0 Å². The molecule has 2 aromatic heterocycles. The highest BCUT2D eigenvalue weighted by Crippen LogP contribution is 2.12. The predicted octanol–water partition coefficient (Wildman–Crippen LogP) is -0.354. The van der Waals surface area contributed by atoms with Gasteiger partial charge in [0.1, 0.15) is 12.7 Å². The minimum Gasteiger partial charge on any atom is -0.427 e. The van der Waals surface area contributed by atoms with E-state index in [0.717, 1.165) is 4.73 Å². The summed E-state index contributed by atoms with van der Waals surface area (Å²) in [7, 11) is 0. The average molecular weight is 151 g/mol. The minimum absolute atomic E-state index is 0.218. The van der Waals surface area contributed by atoms with Crippen molar-refractivity contribution in [1.82, 2.24) is 19.7 Å². The molecule has 56 valence electrons. The van der Waals surface area contributed by atoms with Crippen LogP contribution in [0.5, 0.6) is 0 Å². The largest absolute Gasteiger partial charge is 0.427 e. The lowest BCUT2D eigenvalue weighted by molar-refractivity contribution is 0.198. The Labute approximate surface area is 61.3 Å². The molecule has 0 saturated heterocycles. The van der Waals surface area contributed by atoms with Crippen LogP contribution in [0.3, 0.4) is 0 Å². The van der Waals surface area contributed by atoms with Crippen molar-refractivity contribution in [2.24, 2.45) is 0 Å². The predicted molar refractivity (Wildman–Crippen MR) is 36.9 cm³/mol. The molecule has 2 rings (SSSR count). The molecule has 2 heterocycles. The number of nitrogen functional groups attached to an aromatic ring is 1. The number of aromatic nitrogens is 4. The molecule has 11 heavy (non-hydrogen) atoms. The first kappa shape index (κ1) is 5.90. The molecule has 0 aliphatic carbocycles. The van der Waals surface area contributed by atoms with Crippen LogP contribution in [-0.2, 0) is 0 Å². The fraction of sp³-hybridized carbons (Fsp3) is 0. The van der Waals surface area contributed by atoms with Gasteiger partial charge in [-0.1, -0.05) is 0 Å². The highest BCUT2D eigenvalue weighted by molar-refractivity contribution is 5.80. The summed E-state index contributed by atoms with van der Waals surface area (Å²) in [6.45, 7) is 0. The molecule has 0 fully saturated rings. The van der Waals surface area contributed by atoms with Crippen molar-refractivity contribution in [3.63, 3.8) is 0 Å². The molecule has 3 N–H and O–H groups in total. The van der Waals surface area contributed by atoms with E-state index in [9.17, 15) is 0 Å². The smallest absolute Gasteiger partial charge is 0.186 e. The molecular formula is C5H5N5O. The number of imidazole rings is 1. The first-order valence-electron chi connectivity index (χ1n) is 2.92. The zero-order valence-corrected chi connectivity index (χ0v) is 5.47. The number of fused-ring (bicyclic) bond motifs is 1. The van der Waals surface area contributed by atoms with Crippen LogP contribution in [0.1, 0.15) is 0 Å². The highest BCUT2D eigenvalue weighted by atomic mass is 16.5. The molecule has 0 aliphatic heterocycles. The van der Waals surface area contributed by atoms with Gasteiger partial charge >= 0.3 is 0 Å². The quantitative estimate of drug-likeness (QED) is 0.502. The number of nitrogens with two attached hydrogens (primary N) is 1. The monoisotopic (exact) mass is 151 g/mol. The second kappa shape index (κ2) is 1.82. The molecule has 6 heteroatoms. The first-order valence-corrected chi connectivity index (χ1v) is 2.92. The number of anilines is 1. The number of hydrogen-bond acceptors (Lipinski definition) is 5. The number of rotatable bonds is 0. The molecule has 0 aliphatic rings. The second-order valence-electron chi connectivity index (χ2n) is 2.02. The van der Waals surface area contributed by atoms with Gasteiger partial charge in [0.2, 0.25) is 0 Å². The van der Waals surface area contributed by atoms with Crippen LogP contribution >= 0.6 is 0 Å². The Morgan fingerprint density at radius 1 is 1.36 bits per heavy atom. The number of hydrogen-bond donors (Lipinski definition) is 2. The maximum atomic E-state index is 9.09. The summed E-state index contributed by atoms with van der Waals surface area (Å²) in [6, 6.07) is 0. The van der Waals surface area contributed by atoms with Crippen molar-refractivity contribution < 1.29 is 5.21 Å². The SMILES string of the molecule is Nc1ncnc2ncn(O)c12. The van der Waals surface area contributed by atoms with Gasteiger partial charge in [0, 0.05) is 0 Å². The second-order valence-corrected chi connectivity index (χ2v) is 2.02. The van der Waals surface area contributed by atoms with E-state index in [1.54, 1.807) is 0 Å². The lowest BCUT2D eigenvalue weighted by Crippen LogP contribution is -1.96. The third-order valence-electron chi connectivity index (χ3n) is 1.35. The van der Waals surface area contributed by atoms with Gasteiger partial charge < -0.3 is 10.9 Å². The van der Waals surface area contributed by atoms with E-state index in [-0.39, 0.29) is 5.82 Å². The maximum Gasteiger partial charge on any atom is 0.186 e. The van der Waals surface area contributed by atoms with Gasteiger partial charge in [-0.05, 0) is 0 Å². The Morgan fingerprint density at radius 3 is 2.91 bits per heavy atom. The third kappa shape index (κ3) is 0.689. The van der Waals surface area contributed by atoms with E-state index in [1.165, 1.54) is 12.7 Å². The van der Waals surface area contributed by atoms with Crippen molar-refractivity contribution in [3.05, 3.63) is 12.7 Å². The van der Waals surface area contributed by atoms with Crippen molar-refractivity contribution >= 4 is 17.0 Å². The van der Waals surface area contributed by atoms with Crippen molar-refractivity contribution in [3.8, 4) is 0 Å². The number of nitrogens with zero attached hydrogens (tertiary/aromatic N) is 4. The Balaban J connectivity index is 2.96. The van der Waals surface area contributed by atoms with Gasteiger partial charge in [-0.25, -0.2) is 15.0 Å². The summed E-state index contributed by atoms with van der Waals surface area (Å²) in [6.07, 6.45) is 2.51. The van der Waals surface area contributed by atoms with Crippen molar-refractivity contribution in [1.29, 1.82) is 0 Å². The van der Waals surface area contributed by atoms with E-state index in [2.05, 4.69) is 15.0 Å². The fourth-order valence-electron chi connectivity index (χ4n) is 0.864. The van der Waals surface area contributed by atoms with Gasteiger partial charge in [-0.2, -0.15) is 4.73 Å². The van der Waals surface area contributed by atoms with Gasteiger partial charge in [-0.3, -0.25) is 0 Å². The van der Waals surface area contributed by atoms with Crippen molar-refractivity contribution in [2.45, 2.75) is 0 Å². The van der Waals surface area contributed by atoms with Gasteiger partial charge in [0.05, 0.1) is 0 Å². The lowest BCUT2D eigenvalue weighted by Gasteiger charge is -1.93. The van der Waals surface area contributed by atoms with E-state index >= 15 is 0 Å². The van der Waals surface area contributed by atoms with Gasteiger partial charge in [0.25, 0.3) is 0 Å². The summed E-state index contributed by atoms with van der Waals surface area (Å²) in [5.41, 5.74) is 6.16. The third-order valence-corrected chi connectivity index (χ3v) is 1.35. The Hall–Kier alpha value is -1.85. The van der Waals surface area contributed by atoms with Crippen molar-refractivity contribution in [2.75, 3.05) is 5.73 Å². The molecule has 0 aromatic carbocycles. The Kier molecular flexibility index (Phi) is 0.974. The van der Waals surface area contributed by atoms with Crippen LogP contribution in [0, 0.1) is 0 Å². The highest BCUT2D eigenvalue weighted by Gasteiger charge is 2.05. The molecule has 0 amide bonds. The van der Waals surface area contributed by atoms with Crippen LogP contribution < -0.4 is 5.73 Å². The summed E-state index contributed by atoms with van der Waals surface area (Å²) >= 11 is 0. The van der Waals surface area contributed by atoms with Gasteiger partial charge in [-0.15, -0.1) is 0 Å². The zero-order valence-electron chi connectivity index (χ0n) is 5.47. The minimum atomic E-state index is 0.218. The summed E-state index contributed by atoms with van der Waals surface area (Å²) in [5.74, 6) is 0.218. The zero-order chi connectivity index (χ0) is 7.84. The topological polar surface area (TPSA) is 89.9 Å². The molecule has 0 bridgehead atoms. The van der Waals surface area contributed by atoms with Crippen LogP contribution in [0.2, 0.25) is 0 Å². The summed E-state index contributed by atoms with van der Waals surface area (Å²) in [4.78, 5) is 11.2. The first-order chi connectivity index (χ1) is 5.29. The molecule has 2 aromatic rings. The van der Waals surface area contributed by atoms with E-state index in [0.29, 0.717) is 11.2 Å². The van der Waals surface area contributed by atoms with Crippen LogP contribution in [0.15, 0.2) is 12.7 Å². The molecule has 0 saturated carbocycles. The molecule has 6 nitrogen and oxygen atoms in total. The molecule has 0 atom stereocenters. The maximum absolute atomic E-state index is 9.09. The Bertz CT molecular complexity index is 395. The summed E-state index contributed by atoms with van der Waals surface area (Å²) in [5, 5.41) is 9.09. The molecule has 0 spiro atoms. The summed E-state index contributed by atoms with van der Waals surface area (Å²) < 4.78 is 0.796.